The van der Waals surface area contributed by atoms with Gasteiger partial charge in [-0.05, 0) is 61.0 Å². The standard InChI is InChI=1S/C27H22BrF2N3O2/c1-16(22-11-8-20(31)12-25(22)30)33-26(34)15-35-27(33)24-14-32(21-9-4-18(28)5-10-21)13-23(24)17-2-6-19(29)7-3-17/h2-14,16,27H,15,31H2,1H3/t16?,27-/m0/s1. The molecule has 0 radical (unpaired) electrons. The summed E-state index contributed by atoms with van der Waals surface area (Å²) < 4.78 is 37.2. The summed E-state index contributed by atoms with van der Waals surface area (Å²) in [6, 6.07) is 17.8. The van der Waals surface area contributed by atoms with Crippen molar-refractivity contribution in [3.05, 3.63) is 106 Å². The van der Waals surface area contributed by atoms with Crippen molar-refractivity contribution in [2.45, 2.75) is 19.2 Å². The van der Waals surface area contributed by atoms with E-state index in [-0.39, 0.29) is 18.3 Å². The van der Waals surface area contributed by atoms with Crippen LogP contribution in [0.25, 0.3) is 16.8 Å². The zero-order valence-corrected chi connectivity index (χ0v) is 20.4. The normalized spacial score (nSPS) is 16.6. The fourth-order valence-electron chi connectivity index (χ4n) is 4.43. The molecule has 1 amide bonds. The molecule has 1 aliphatic heterocycles. The third-order valence-electron chi connectivity index (χ3n) is 6.20. The Morgan fingerprint density at radius 2 is 1.74 bits per heavy atom. The topological polar surface area (TPSA) is 60.5 Å². The maximum atomic E-state index is 14.7. The summed E-state index contributed by atoms with van der Waals surface area (Å²) in [7, 11) is 0. The predicted molar refractivity (Wildman–Crippen MR) is 134 cm³/mol. The summed E-state index contributed by atoms with van der Waals surface area (Å²) >= 11 is 3.45. The third kappa shape index (κ3) is 4.47. The van der Waals surface area contributed by atoms with Crippen molar-refractivity contribution in [1.82, 2.24) is 9.47 Å². The molecule has 0 bridgehead atoms. The van der Waals surface area contributed by atoms with Crippen LogP contribution in [0.1, 0.15) is 30.3 Å². The van der Waals surface area contributed by atoms with Gasteiger partial charge in [0.05, 0.1) is 6.04 Å². The van der Waals surface area contributed by atoms with Crippen LogP contribution in [0.3, 0.4) is 0 Å². The lowest BCUT2D eigenvalue weighted by Gasteiger charge is -2.30. The van der Waals surface area contributed by atoms with Crippen molar-refractivity contribution >= 4 is 27.5 Å². The molecule has 2 heterocycles. The van der Waals surface area contributed by atoms with E-state index in [1.54, 1.807) is 36.1 Å². The minimum Gasteiger partial charge on any atom is -0.399 e. The predicted octanol–water partition coefficient (Wildman–Crippen LogP) is 6.39. The van der Waals surface area contributed by atoms with Gasteiger partial charge in [0.15, 0.2) is 6.23 Å². The summed E-state index contributed by atoms with van der Waals surface area (Å²) in [5, 5.41) is 0. The lowest BCUT2D eigenvalue weighted by Crippen LogP contribution is -2.32. The monoisotopic (exact) mass is 537 g/mol. The van der Waals surface area contributed by atoms with Gasteiger partial charge in [-0.25, -0.2) is 8.78 Å². The SMILES string of the molecule is CC(c1ccc(N)cc1F)N1C(=O)CO[C@H]1c1cn(-c2ccc(Br)cc2)cc1-c1ccc(F)cc1. The fourth-order valence-corrected chi connectivity index (χ4v) is 4.69. The number of hydrogen-bond donors (Lipinski definition) is 1. The van der Waals surface area contributed by atoms with Crippen molar-refractivity contribution in [2.24, 2.45) is 0 Å². The number of carbonyl (C=O) groups is 1. The molecular weight excluding hydrogens is 516 g/mol. The molecule has 5 rings (SSSR count). The molecule has 178 valence electrons. The number of anilines is 1. The first-order valence-electron chi connectivity index (χ1n) is 11.0. The highest BCUT2D eigenvalue weighted by Gasteiger charge is 2.39. The lowest BCUT2D eigenvalue weighted by atomic mass is 10.0. The lowest BCUT2D eigenvalue weighted by molar-refractivity contribution is -0.130. The third-order valence-corrected chi connectivity index (χ3v) is 6.73. The Hall–Kier alpha value is -3.49. The molecule has 0 saturated carbocycles. The summed E-state index contributed by atoms with van der Waals surface area (Å²) in [6.07, 6.45) is 3.06. The maximum Gasteiger partial charge on any atom is 0.251 e. The van der Waals surface area contributed by atoms with Crippen LogP contribution in [-0.2, 0) is 9.53 Å². The quantitative estimate of drug-likeness (QED) is 0.300. The van der Waals surface area contributed by atoms with Crippen molar-refractivity contribution in [3.63, 3.8) is 0 Å². The van der Waals surface area contributed by atoms with E-state index in [1.165, 1.54) is 18.2 Å². The van der Waals surface area contributed by atoms with Crippen LogP contribution < -0.4 is 5.73 Å². The zero-order valence-electron chi connectivity index (χ0n) is 18.8. The van der Waals surface area contributed by atoms with E-state index in [1.807, 2.05) is 41.2 Å². The molecule has 1 aliphatic rings. The second-order valence-corrected chi connectivity index (χ2v) is 9.35. The highest BCUT2D eigenvalue weighted by atomic mass is 79.9. The minimum atomic E-state index is -0.758. The van der Waals surface area contributed by atoms with Crippen LogP contribution in [0.5, 0.6) is 0 Å². The molecule has 5 nitrogen and oxygen atoms in total. The molecule has 8 heteroatoms. The van der Waals surface area contributed by atoms with Gasteiger partial charge in [0.1, 0.15) is 18.2 Å². The molecule has 1 aromatic heterocycles. The van der Waals surface area contributed by atoms with Crippen molar-refractivity contribution in [3.8, 4) is 16.8 Å². The maximum absolute atomic E-state index is 14.7. The molecule has 0 spiro atoms. The van der Waals surface area contributed by atoms with E-state index in [0.29, 0.717) is 16.8 Å². The van der Waals surface area contributed by atoms with Gasteiger partial charge in [-0.2, -0.15) is 0 Å². The van der Waals surface area contributed by atoms with E-state index in [4.69, 9.17) is 10.5 Å². The van der Waals surface area contributed by atoms with Crippen molar-refractivity contribution < 1.29 is 18.3 Å². The largest absolute Gasteiger partial charge is 0.399 e. The molecule has 1 unspecified atom stereocenters. The number of carbonyl (C=O) groups excluding carboxylic acids is 1. The summed E-state index contributed by atoms with van der Waals surface area (Å²) in [4.78, 5) is 14.5. The smallest absolute Gasteiger partial charge is 0.251 e. The molecule has 3 aromatic carbocycles. The molecule has 2 N–H and O–H groups in total. The molecule has 35 heavy (non-hydrogen) atoms. The van der Waals surface area contributed by atoms with Gasteiger partial charge in [0.2, 0.25) is 0 Å². The number of rotatable bonds is 5. The number of halogens is 3. The number of amides is 1. The highest BCUT2D eigenvalue weighted by Crippen LogP contribution is 2.41. The molecule has 0 aliphatic carbocycles. The van der Waals surface area contributed by atoms with Crippen molar-refractivity contribution in [2.75, 3.05) is 12.3 Å². The first-order valence-corrected chi connectivity index (χ1v) is 11.8. The zero-order chi connectivity index (χ0) is 24.7. The first kappa shape index (κ1) is 23.3. The number of benzene rings is 3. The van der Waals surface area contributed by atoms with Gasteiger partial charge in [0, 0.05) is 44.9 Å². The van der Waals surface area contributed by atoms with Gasteiger partial charge >= 0.3 is 0 Å². The summed E-state index contributed by atoms with van der Waals surface area (Å²) in [5.41, 5.74) is 9.53. The number of aromatic nitrogens is 1. The molecular formula is C27H22BrF2N3O2. The van der Waals surface area contributed by atoms with Crippen LogP contribution in [0.4, 0.5) is 14.5 Å². The van der Waals surface area contributed by atoms with Crippen LogP contribution >= 0.6 is 15.9 Å². The fraction of sp³-hybridized carbons (Fsp3) is 0.148. The Labute approximate surface area is 209 Å². The van der Waals surface area contributed by atoms with Crippen LogP contribution in [0.15, 0.2) is 83.6 Å². The number of nitrogens with two attached hydrogens (primary N) is 1. The summed E-state index contributed by atoms with van der Waals surface area (Å²) in [6.45, 7) is 1.63. The Morgan fingerprint density at radius 1 is 1.03 bits per heavy atom. The molecule has 4 aromatic rings. The van der Waals surface area contributed by atoms with Gasteiger partial charge < -0.3 is 19.9 Å². The Bertz CT molecular complexity index is 1390. The molecule has 2 atom stereocenters. The van der Waals surface area contributed by atoms with E-state index < -0.39 is 18.1 Å². The molecule has 1 fully saturated rings. The van der Waals surface area contributed by atoms with Gasteiger partial charge in [-0.1, -0.05) is 34.1 Å². The average Bonchev–Trinajstić information content (AvgIpc) is 3.43. The van der Waals surface area contributed by atoms with Crippen LogP contribution in [0, 0.1) is 11.6 Å². The summed E-state index contributed by atoms with van der Waals surface area (Å²) in [5.74, 6) is -1.08. The van der Waals surface area contributed by atoms with Crippen LogP contribution in [-0.4, -0.2) is 22.0 Å². The number of ether oxygens (including phenoxy) is 1. The first-order chi connectivity index (χ1) is 16.8. The van der Waals surface area contributed by atoms with Gasteiger partial charge in [-0.15, -0.1) is 0 Å². The van der Waals surface area contributed by atoms with E-state index in [2.05, 4.69) is 15.9 Å². The van der Waals surface area contributed by atoms with Gasteiger partial charge in [0.25, 0.3) is 5.91 Å². The van der Waals surface area contributed by atoms with Crippen molar-refractivity contribution in [1.29, 1.82) is 0 Å². The number of hydrogen-bond acceptors (Lipinski definition) is 3. The molecule has 1 saturated heterocycles. The second-order valence-electron chi connectivity index (χ2n) is 8.44. The minimum absolute atomic E-state index is 0.127. The average molecular weight is 538 g/mol. The van der Waals surface area contributed by atoms with E-state index in [9.17, 15) is 13.6 Å². The van der Waals surface area contributed by atoms with E-state index >= 15 is 0 Å². The number of nitrogens with zero attached hydrogens (tertiary/aromatic N) is 2. The number of nitrogen functional groups attached to an aromatic ring is 1. The second kappa shape index (κ2) is 9.28. The highest BCUT2D eigenvalue weighted by molar-refractivity contribution is 9.10. The Kier molecular flexibility index (Phi) is 6.17. The van der Waals surface area contributed by atoms with E-state index in [0.717, 1.165) is 21.3 Å². The van der Waals surface area contributed by atoms with Crippen LogP contribution in [0.2, 0.25) is 0 Å². The Balaban J connectivity index is 1.61. The Morgan fingerprint density at radius 3 is 2.43 bits per heavy atom. The van der Waals surface area contributed by atoms with Gasteiger partial charge in [-0.3, -0.25) is 4.79 Å².